The van der Waals surface area contributed by atoms with E-state index in [-0.39, 0.29) is 6.61 Å². The van der Waals surface area contributed by atoms with Crippen LogP contribution in [0.1, 0.15) is 25.7 Å². The third-order valence-electron chi connectivity index (χ3n) is 3.55. The maximum atomic E-state index is 11.8. The zero-order valence-corrected chi connectivity index (χ0v) is 10.9. The molecule has 18 heavy (non-hydrogen) atoms. The van der Waals surface area contributed by atoms with Crippen LogP contribution in [0.15, 0.2) is 0 Å². The van der Waals surface area contributed by atoms with Crippen molar-refractivity contribution in [2.45, 2.75) is 37.9 Å². The molecule has 1 rings (SSSR count). The Bertz CT molecular complexity index is 236. The molecule has 0 aromatic heterocycles. The van der Waals surface area contributed by atoms with Gasteiger partial charge in [-0.15, -0.1) is 0 Å². The summed E-state index contributed by atoms with van der Waals surface area (Å²) < 4.78 is 40.1. The molecule has 2 N–H and O–H groups in total. The SMILES string of the molecule is CN(CCCOCC(F)(F)F)C1CCCC1CN. The number of nitrogens with zero attached hydrogens (tertiary/aromatic N) is 1. The van der Waals surface area contributed by atoms with Gasteiger partial charge in [0.05, 0.1) is 0 Å². The molecule has 2 unspecified atom stereocenters. The molecule has 0 bridgehead atoms. The van der Waals surface area contributed by atoms with Gasteiger partial charge in [-0.1, -0.05) is 6.42 Å². The molecule has 3 nitrogen and oxygen atoms in total. The van der Waals surface area contributed by atoms with Crippen molar-refractivity contribution in [3.05, 3.63) is 0 Å². The van der Waals surface area contributed by atoms with Crippen LogP contribution in [0.4, 0.5) is 13.2 Å². The fourth-order valence-electron chi connectivity index (χ4n) is 2.64. The molecule has 0 aromatic rings. The minimum Gasteiger partial charge on any atom is -0.372 e. The molecule has 1 aliphatic rings. The summed E-state index contributed by atoms with van der Waals surface area (Å²) in [6.45, 7) is 0.466. The van der Waals surface area contributed by atoms with Crippen LogP contribution in [0.25, 0.3) is 0 Å². The van der Waals surface area contributed by atoms with Crippen LogP contribution in [0.2, 0.25) is 0 Å². The van der Waals surface area contributed by atoms with Gasteiger partial charge in [-0.3, -0.25) is 0 Å². The Hall–Kier alpha value is -0.330. The lowest BCUT2D eigenvalue weighted by Crippen LogP contribution is -2.38. The molecule has 1 saturated carbocycles. The summed E-state index contributed by atoms with van der Waals surface area (Å²) in [5.41, 5.74) is 5.71. The summed E-state index contributed by atoms with van der Waals surface area (Å²) in [6.07, 6.45) is -0.0956. The minimum atomic E-state index is -4.22. The largest absolute Gasteiger partial charge is 0.411 e. The number of ether oxygens (including phenoxy) is 1. The summed E-state index contributed by atoms with van der Waals surface area (Å²) in [5, 5.41) is 0. The van der Waals surface area contributed by atoms with Gasteiger partial charge >= 0.3 is 6.18 Å². The van der Waals surface area contributed by atoms with Gasteiger partial charge in [-0.25, -0.2) is 0 Å². The highest BCUT2D eigenvalue weighted by atomic mass is 19.4. The topological polar surface area (TPSA) is 38.5 Å². The zero-order chi connectivity index (χ0) is 13.6. The molecule has 1 fully saturated rings. The number of alkyl halides is 3. The Morgan fingerprint density at radius 3 is 2.67 bits per heavy atom. The van der Waals surface area contributed by atoms with Crippen molar-refractivity contribution < 1.29 is 17.9 Å². The lowest BCUT2D eigenvalue weighted by molar-refractivity contribution is -0.174. The van der Waals surface area contributed by atoms with Gasteiger partial charge in [-0.2, -0.15) is 13.2 Å². The van der Waals surface area contributed by atoms with Crippen LogP contribution >= 0.6 is 0 Å². The van der Waals surface area contributed by atoms with E-state index < -0.39 is 12.8 Å². The van der Waals surface area contributed by atoms with Crippen LogP contribution in [-0.2, 0) is 4.74 Å². The molecule has 0 aromatic carbocycles. The molecular formula is C12H23F3N2O. The van der Waals surface area contributed by atoms with Crippen LogP contribution in [-0.4, -0.2) is 50.5 Å². The minimum absolute atomic E-state index is 0.157. The van der Waals surface area contributed by atoms with E-state index in [9.17, 15) is 13.2 Å². The van der Waals surface area contributed by atoms with Crippen molar-refractivity contribution in [2.75, 3.05) is 33.4 Å². The number of halogens is 3. The van der Waals surface area contributed by atoms with Gasteiger partial charge < -0.3 is 15.4 Å². The Morgan fingerprint density at radius 2 is 2.06 bits per heavy atom. The lowest BCUT2D eigenvalue weighted by atomic mass is 10.0. The summed E-state index contributed by atoms with van der Waals surface area (Å²) in [7, 11) is 2.02. The zero-order valence-electron chi connectivity index (χ0n) is 10.9. The smallest absolute Gasteiger partial charge is 0.372 e. The Labute approximate surface area is 106 Å². The van der Waals surface area contributed by atoms with Crippen molar-refractivity contribution in [1.82, 2.24) is 4.90 Å². The monoisotopic (exact) mass is 268 g/mol. The van der Waals surface area contributed by atoms with Crippen LogP contribution in [0, 0.1) is 5.92 Å². The van der Waals surface area contributed by atoms with E-state index in [0.717, 1.165) is 19.4 Å². The van der Waals surface area contributed by atoms with Crippen LogP contribution in [0.5, 0.6) is 0 Å². The number of rotatable bonds is 7. The molecule has 0 saturated heterocycles. The van der Waals surface area contributed by atoms with Crippen LogP contribution in [0.3, 0.4) is 0 Å². The number of hydrogen-bond donors (Lipinski definition) is 1. The molecule has 0 aliphatic heterocycles. The summed E-state index contributed by atoms with van der Waals surface area (Å²) >= 11 is 0. The third kappa shape index (κ3) is 5.54. The fraction of sp³-hybridized carbons (Fsp3) is 1.00. The molecule has 0 radical (unpaired) electrons. The predicted molar refractivity (Wildman–Crippen MR) is 64.3 cm³/mol. The maximum absolute atomic E-state index is 11.8. The van der Waals surface area contributed by atoms with Crippen molar-refractivity contribution in [3.63, 3.8) is 0 Å². The summed E-state index contributed by atoms with van der Waals surface area (Å²) in [5.74, 6) is 0.533. The lowest BCUT2D eigenvalue weighted by Gasteiger charge is -2.29. The second-order valence-corrected chi connectivity index (χ2v) is 5.00. The molecule has 2 atom stereocenters. The van der Waals surface area contributed by atoms with E-state index >= 15 is 0 Å². The van der Waals surface area contributed by atoms with Crippen molar-refractivity contribution in [2.24, 2.45) is 11.7 Å². The highest BCUT2D eigenvalue weighted by Crippen LogP contribution is 2.28. The quantitative estimate of drug-likeness (QED) is 0.718. The molecule has 108 valence electrons. The van der Waals surface area contributed by atoms with Gasteiger partial charge in [0.1, 0.15) is 6.61 Å². The number of hydrogen-bond acceptors (Lipinski definition) is 3. The first kappa shape index (κ1) is 15.7. The van der Waals surface area contributed by atoms with Crippen molar-refractivity contribution in [3.8, 4) is 0 Å². The first-order chi connectivity index (χ1) is 8.44. The molecule has 0 heterocycles. The van der Waals surface area contributed by atoms with E-state index in [1.54, 1.807) is 0 Å². The Morgan fingerprint density at radius 1 is 1.33 bits per heavy atom. The molecule has 6 heteroatoms. The highest BCUT2D eigenvalue weighted by molar-refractivity contribution is 4.84. The number of nitrogens with two attached hydrogens (primary N) is 1. The molecule has 0 spiro atoms. The Balaban J connectivity index is 2.11. The van der Waals surface area contributed by atoms with Gasteiger partial charge in [0.25, 0.3) is 0 Å². The van der Waals surface area contributed by atoms with Gasteiger partial charge in [0, 0.05) is 19.2 Å². The second kappa shape index (κ2) is 7.31. The second-order valence-electron chi connectivity index (χ2n) is 5.00. The van der Waals surface area contributed by atoms with Gasteiger partial charge in [0.2, 0.25) is 0 Å². The van der Waals surface area contributed by atoms with E-state index in [0.29, 0.717) is 24.9 Å². The van der Waals surface area contributed by atoms with E-state index in [2.05, 4.69) is 9.64 Å². The first-order valence-corrected chi connectivity index (χ1v) is 6.49. The van der Waals surface area contributed by atoms with Crippen molar-refractivity contribution in [1.29, 1.82) is 0 Å². The average molecular weight is 268 g/mol. The van der Waals surface area contributed by atoms with Gasteiger partial charge in [-0.05, 0) is 38.8 Å². The molecule has 1 aliphatic carbocycles. The van der Waals surface area contributed by atoms with Crippen LogP contribution < -0.4 is 5.73 Å². The van der Waals surface area contributed by atoms with Gasteiger partial charge in [0.15, 0.2) is 0 Å². The van der Waals surface area contributed by atoms with E-state index in [1.165, 1.54) is 6.42 Å². The first-order valence-electron chi connectivity index (χ1n) is 6.49. The summed E-state index contributed by atoms with van der Waals surface area (Å²) in [6, 6.07) is 0.484. The van der Waals surface area contributed by atoms with E-state index in [4.69, 9.17) is 5.73 Å². The average Bonchev–Trinajstić information content (AvgIpc) is 2.74. The third-order valence-corrected chi connectivity index (χ3v) is 3.55. The normalized spacial score (nSPS) is 25.0. The summed E-state index contributed by atoms with van der Waals surface area (Å²) in [4.78, 5) is 2.21. The fourth-order valence-corrected chi connectivity index (χ4v) is 2.64. The molecular weight excluding hydrogens is 245 g/mol. The van der Waals surface area contributed by atoms with E-state index in [1.807, 2.05) is 7.05 Å². The van der Waals surface area contributed by atoms with Crippen molar-refractivity contribution >= 4 is 0 Å². The molecule has 0 amide bonds. The standard InChI is InChI=1S/C12H23F3N2O/c1-17(11-5-2-4-10(11)8-16)6-3-7-18-9-12(13,14)15/h10-11H,2-9,16H2,1H3. The highest BCUT2D eigenvalue weighted by Gasteiger charge is 2.29. The predicted octanol–water partition coefficient (Wildman–Crippen LogP) is 2.01. The maximum Gasteiger partial charge on any atom is 0.411 e. The Kier molecular flexibility index (Phi) is 6.38.